The highest BCUT2D eigenvalue weighted by atomic mass is 19.4. The number of aliphatic hydroxyl groups excluding tert-OH is 1. The van der Waals surface area contributed by atoms with E-state index in [-0.39, 0.29) is 11.5 Å². The van der Waals surface area contributed by atoms with E-state index in [1.165, 1.54) is 7.11 Å². The molecule has 0 saturated heterocycles. The van der Waals surface area contributed by atoms with Crippen molar-refractivity contribution in [1.82, 2.24) is 5.32 Å². The summed E-state index contributed by atoms with van der Waals surface area (Å²) >= 11 is 0. The van der Waals surface area contributed by atoms with Crippen LogP contribution in [0.5, 0.6) is 0 Å². The maximum Gasteiger partial charge on any atom is 0.416 e. The van der Waals surface area contributed by atoms with E-state index in [0.717, 1.165) is 24.3 Å². The molecule has 2 N–H and O–H groups in total. The second kappa shape index (κ2) is 8.14. The fraction of sp³-hybridized carbons (Fsp3) is 0.500. The Morgan fingerprint density at radius 1 is 1.25 bits per heavy atom. The highest BCUT2D eigenvalue weighted by molar-refractivity contribution is 5.87. The van der Waals surface area contributed by atoms with E-state index >= 15 is 0 Å². The van der Waals surface area contributed by atoms with Crippen molar-refractivity contribution in [2.75, 3.05) is 7.11 Å². The van der Waals surface area contributed by atoms with Gasteiger partial charge in [-0.3, -0.25) is 4.79 Å². The second-order valence-electron chi connectivity index (χ2n) is 5.42. The number of amides is 1. The molecule has 0 aromatic heterocycles. The zero-order valence-corrected chi connectivity index (χ0v) is 13.6. The Bertz CT molecular complexity index is 572. The fourth-order valence-corrected chi connectivity index (χ4v) is 2.03. The summed E-state index contributed by atoms with van der Waals surface area (Å²) in [5.74, 6) is -1.77. The Morgan fingerprint density at radius 2 is 1.79 bits per heavy atom. The van der Waals surface area contributed by atoms with Crippen molar-refractivity contribution in [3.63, 3.8) is 0 Å². The molecule has 0 saturated carbocycles. The molecule has 8 heteroatoms. The number of hydrogen-bond donors (Lipinski definition) is 2. The summed E-state index contributed by atoms with van der Waals surface area (Å²) in [6.07, 6.45) is -5.61. The number of hydrogen-bond acceptors (Lipinski definition) is 4. The molecule has 1 aromatic rings. The zero-order valence-electron chi connectivity index (χ0n) is 13.6. The number of aliphatic hydroxyl groups is 1. The van der Waals surface area contributed by atoms with Crippen molar-refractivity contribution in [3.05, 3.63) is 35.4 Å². The molecule has 1 amide bonds. The predicted molar refractivity (Wildman–Crippen MR) is 79.8 cm³/mol. The second-order valence-corrected chi connectivity index (χ2v) is 5.42. The molecule has 0 unspecified atom stereocenters. The van der Waals surface area contributed by atoms with E-state index in [0.29, 0.717) is 6.42 Å². The van der Waals surface area contributed by atoms with Gasteiger partial charge in [-0.15, -0.1) is 0 Å². The van der Waals surface area contributed by atoms with Crippen molar-refractivity contribution in [2.45, 2.75) is 38.6 Å². The van der Waals surface area contributed by atoms with Gasteiger partial charge in [-0.2, -0.15) is 13.2 Å². The molecule has 0 bridgehead atoms. The van der Waals surface area contributed by atoms with Gasteiger partial charge in [0.2, 0.25) is 0 Å². The first kappa shape index (κ1) is 20.0. The van der Waals surface area contributed by atoms with Crippen LogP contribution in [0.25, 0.3) is 0 Å². The predicted octanol–water partition coefficient (Wildman–Crippen LogP) is 2.44. The average Bonchev–Trinajstić information content (AvgIpc) is 2.56. The van der Waals surface area contributed by atoms with Gasteiger partial charge in [-0.1, -0.05) is 32.4 Å². The van der Waals surface area contributed by atoms with Gasteiger partial charge in [0.25, 0.3) is 5.91 Å². The van der Waals surface area contributed by atoms with E-state index in [4.69, 9.17) is 0 Å². The van der Waals surface area contributed by atoms with Crippen LogP contribution in [0.15, 0.2) is 24.3 Å². The molecule has 0 heterocycles. The monoisotopic (exact) mass is 347 g/mol. The minimum Gasteiger partial charge on any atom is -0.467 e. The van der Waals surface area contributed by atoms with Crippen LogP contribution in [-0.2, 0) is 20.5 Å². The lowest BCUT2D eigenvalue weighted by atomic mass is 9.98. The van der Waals surface area contributed by atoms with Gasteiger partial charge >= 0.3 is 12.1 Å². The zero-order chi connectivity index (χ0) is 18.5. The number of carbonyl (C=O) groups is 2. The first-order valence-corrected chi connectivity index (χ1v) is 7.35. The van der Waals surface area contributed by atoms with Crippen molar-refractivity contribution in [3.8, 4) is 0 Å². The standard InChI is InChI=1S/C16H20F3NO4/c1-4-9(2)12(15(23)24-3)20-14(22)13(21)10-5-7-11(8-6-10)16(17,18)19/h5-9,12-13,21H,4H2,1-3H3,(H,20,22)/t9-,12-,13+/m0/s1. The van der Waals surface area contributed by atoms with Gasteiger partial charge < -0.3 is 15.2 Å². The summed E-state index contributed by atoms with van der Waals surface area (Å²) < 4.78 is 42.2. The van der Waals surface area contributed by atoms with Crippen LogP contribution in [-0.4, -0.2) is 30.1 Å². The number of benzene rings is 1. The molecular weight excluding hydrogens is 327 g/mol. The third-order valence-electron chi connectivity index (χ3n) is 3.77. The van der Waals surface area contributed by atoms with Gasteiger partial charge in [0.15, 0.2) is 6.10 Å². The van der Waals surface area contributed by atoms with Crippen LogP contribution in [0.3, 0.4) is 0 Å². The van der Waals surface area contributed by atoms with Crippen LogP contribution >= 0.6 is 0 Å². The molecule has 0 radical (unpaired) electrons. The van der Waals surface area contributed by atoms with Gasteiger partial charge in [-0.25, -0.2) is 4.79 Å². The maximum atomic E-state index is 12.5. The first-order valence-electron chi connectivity index (χ1n) is 7.35. The Morgan fingerprint density at radius 3 is 2.21 bits per heavy atom. The number of nitrogens with one attached hydrogen (secondary N) is 1. The lowest BCUT2D eigenvalue weighted by Gasteiger charge is -2.23. The molecule has 3 atom stereocenters. The topological polar surface area (TPSA) is 75.6 Å². The largest absolute Gasteiger partial charge is 0.467 e. The third kappa shape index (κ3) is 4.95. The number of carbonyl (C=O) groups excluding carboxylic acids is 2. The smallest absolute Gasteiger partial charge is 0.416 e. The lowest BCUT2D eigenvalue weighted by molar-refractivity contribution is -0.148. The van der Waals surface area contributed by atoms with Crippen LogP contribution in [0, 0.1) is 5.92 Å². The van der Waals surface area contributed by atoms with Crippen molar-refractivity contribution in [1.29, 1.82) is 0 Å². The maximum absolute atomic E-state index is 12.5. The fourth-order valence-electron chi connectivity index (χ4n) is 2.03. The van der Waals surface area contributed by atoms with E-state index in [1.54, 1.807) is 6.92 Å². The van der Waals surface area contributed by atoms with Crippen LogP contribution in [0.1, 0.15) is 37.5 Å². The van der Waals surface area contributed by atoms with Crippen molar-refractivity contribution in [2.24, 2.45) is 5.92 Å². The lowest BCUT2D eigenvalue weighted by Crippen LogP contribution is -2.47. The highest BCUT2D eigenvalue weighted by Crippen LogP contribution is 2.30. The van der Waals surface area contributed by atoms with Gasteiger partial charge in [0.1, 0.15) is 6.04 Å². The average molecular weight is 347 g/mol. The van der Waals surface area contributed by atoms with E-state index < -0.39 is 35.8 Å². The van der Waals surface area contributed by atoms with E-state index in [2.05, 4.69) is 10.1 Å². The summed E-state index contributed by atoms with van der Waals surface area (Å²) in [6, 6.07) is 2.64. The SMILES string of the molecule is CC[C@H](C)[C@H](NC(=O)[C@H](O)c1ccc(C(F)(F)F)cc1)C(=O)OC. The van der Waals surface area contributed by atoms with Crippen LogP contribution in [0.4, 0.5) is 13.2 Å². The summed E-state index contributed by atoms with van der Waals surface area (Å²) in [5.41, 5.74) is -0.890. The molecule has 24 heavy (non-hydrogen) atoms. The van der Waals surface area contributed by atoms with Gasteiger partial charge in [0.05, 0.1) is 12.7 Å². The molecule has 0 aliphatic heterocycles. The van der Waals surface area contributed by atoms with Gasteiger partial charge in [0, 0.05) is 0 Å². The number of alkyl halides is 3. The van der Waals surface area contributed by atoms with Gasteiger partial charge in [-0.05, 0) is 23.6 Å². The molecule has 0 aliphatic rings. The summed E-state index contributed by atoms with van der Waals surface area (Å²) in [5, 5.41) is 12.4. The minimum absolute atomic E-state index is 0.00623. The summed E-state index contributed by atoms with van der Waals surface area (Å²) in [4.78, 5) is 23.8. The molecule has 1 aromatic carbocycles. The van der Waals surface area contributed by atoms with Crippen LogP contribution in [0.2, 0.25) is 0 Å². The Labute approximate surface area is 137 Å². The number of halogens is 3. The Hall–Kier alpha value is -2.09. The molecule has 0 fully saturated rings. The molecule has 1 rings (SSSR count). The first-order chi connectivity index (χ1) is 11.1. The van der Waals surface area contributed by atoms with Crippen molar-refractivity contribution < 1.29 is 32.6 Å². The number of methoxy groups -OCH3 is 1. The minimum atomic E-state index is -4.50. The number of rotatable bonds is 6. The molecule has 0 aliphatic carbocycles. The Balaban J connectivity index is 2.88. The van der Waals surface area contributed by atoms with E-state index in [1.807, 2.05) is 6.92 Å². The normalized spacial score (nSPS) is 15.3. The Kier molecular flexibility index (Phi) is 6.77. The summed E-state index contributed by atoms with van der Waals surface area (Å²) in [6.45, 7) is 3.55. The summed E-state index contributed by atoms with van der Waals surface area (Å²) in [7, 11) is 1.18. The molecule has 0 spiro atoms. The van der Waals surface area contributed by atoms with Crippen molar-refractivity contribution >= 4 is 11.9 Å². The van der Waals surface area contributed by atoms with Crippen LogP contribution < -0.4 is 5.32 Å². The van der Waals surface area contributed by atoms with E-state index in [9.17, 15) is 27.9 Å². The third-order valence-corrected chi connectivity index (χ3v) is 3.77. The molecular formula is C16H20F3NO4. The molecule has 134 valence electrons. The quantitative estimate of drug-likeness (QED) is 0.775. The highest BCUT2D eigenvalue weighted by Gasteiger charge is 2.32. The number of ether oxygens (including phenoxy) is 1. The number of esters is 1. The molecule has 5 nitrogen and oxygen atoms in total.